The molecule has 2 heterocycles. The molecule has 20 heavy (non-hydrogen) atoms. The Kier molecular flexibility index (Phi) is 3.43. The second kappa shape index (κ2) is 4.86. The molecule has 0 radical (unpaired) electrons. The molecule has 2 fully saturated rings. The summed E-state index contributed by atoms with van der Waals surface area (Å²) >= 11 is 0. The van der Waals surface area contributed by atoms with Crippen LogP contribution in [0, 0.1) is 0 Å². The number of rotatable bonds is 5. The average Bonchev–Trinajstić information content (AvgIpc) is 2.93. The summed E-state index contributed by atoms with van der Waals surface area (Å²) in [6.45, 7) is 5.33. The van der Waals surface area contributed by atoms with Crippen molar-refractivity contribution >= 4 is 10.0 Å². The lowest BCUT2D eigenvalue weighted by Gasteiger charge is -2.30. The van der Waals surface area contributed by atoms with E-state index in [-0.39, 0.29) is 5.54 Å². The number of aromatic nitrogens is 1. The summed E-state index contributed by atoms with van der Waals surface area (Å²) in [4.78, 5) is 3.47. The molecule has 3 rings (SSSR count). The first-order chi connectivity index (χ1) is 9.39. The predicted octanol–water partition coefficient (Wildman–Crippen LogP) is 1.83. The molecule has 112 valence electrons. The van der Waals surface area contributed by atoms with Gasteiger partial charge in [-0.1, -0.05) is 0 Å². The summed E-state index contributed by atoms with van der Waals surface area (Å²) in [5.74, 6) is 0. The van der Waals surface area contributed by atoms with Crippen molar-refractivity contribution in [1.29, 1.82) is 0 Å². The van der Waals surface area contributed by atoms with E-state index in [9.17, 15) is 8.42 Å². The van der Waals surface area contributed by atoms with Crippen LogP contribution in [0.15, 0.2) is 17.2 Å². The molecule has 0 spiro atoms. The number of hydrogen-bond acceptors (Lipinski definition) is 3. The monoisotopic (exact) mass is 297 g/mol. The van der Waals surface area contributed by atoms with Gasteiger partial charge in [0.25, 0.3) is 0 Å². The van der Waals surface area contributed by atoms with Gasteiger partial charge in [-0.2, -0.15) is 4.31 Å². The number of aromatic amines is 1. The molecule has 1 aliphatic heterocycles. The van der Waals surface area contributed by atoms with Gasteiger partial charge in [-0.15, -0.1) is 0 Å². The number of nitrogens with one attached hydrogen (secondary N) is 2. The lowest BCUT2D eigenvalue weighted by Crippen LogP contribution is -2.42. The van der Waals surface area contributed by atoms with E-state index in [0.29, 0.717) is 24.0 Å². The van der Waals surface area contributed by atoms with Crippen molar-refractivity contribution in [3.63, 3.8) is 0 Å². The van der Waals surface area contributed by atoms with Crippen molar-refractivity contribution < 1.29 is 8.42 Å². The van der Waals surface area contributed by atoms with Crippen LogP contribution in [-0.4, -0.2) is 35.8 Å². The first-order valence-electron chi connectivity index (χ1n) is 7.33. The SMILES string of the molecule is CC1(C)CCCN1S(=O)(=O)c1c[nH]c(CNC2CC2)c1. The summed E-state index contributed by atoms with van der Waals surface area (Å²) in [5.41, 5.74) is 0.662. The van der Waals surface area contributed by atoms with Crippen molar-refractivity contribution in [2.24, 2.45) is 0 Å². The van der Waals surface area contributed by atoms with E-state index >= 15 is 0 Å². The molecule has 2 N–H and O–H groups in total. The van der Waals surface area contributed by atoms with Gasteiger partial charge in [-0.05, 0) is 45.6 Å². The summed E-state index contributed by atoms with van der Waals surface area (Å²) in [6, 6.07) is 2.38. The second-order valence-corrected chi connectivity index (χ2v) is 8.37. The Hall–Kier alpha value is -0.850. The number of nitrogens with zero attached hydrogens (tertiary/aromatic N) is 1. The van der Waals surface area contributed by atoms with Crippen LogP contribution in [0.5, 0.6) is 0 Å². The minimum atomic E-state index is -3.37. The van der Waals surface area contributed by atoms with Crippen LogP contribution >= 0.6 is 0 Å². The zero-order chi connectivity index (χ0) is 14.4. The maximum atomic E-state index is 12.7. The smallest absolute Gasteiger partial charge is 0.245 e. The molecule has 1 saturated carbocycles. The van der Waals surface area contributed by atoms with Crippen molar-refractivity contribution in [1.82, 2.24) is 14.6 Å². The summed E-state index contributed by atoms with van der Waals surface area (Å²) < 4.78 is 27.0. The molecule has 1 saturated heterocycles. The van der Waals surface area contributed by atoms with Crippen molar-refractivity contribution in [3.8, 4) is 0 Å². The number of H-pyrrole nitrogens is 1. The lowest BCUT2D eigenvalue weighted by atomic mass is 10.0. The Morgan fingerprint density at radius 2 is 2.20 bits per heavy atom. The Morgan fingerprint density at radius 1 is 1.45 bits per heavy atom. The van der Waals surface area contributed by atoms with Gasteiger partial charge in [0.15, 0.2) is 0 Å². The van der Waals surface area contributed by atoms with Crippen LogP contribution in [-0.2, 0) is 16.6 Å². The van der Waals surface area contributed by atoms with E-state index in [4.69, 9.17) is 0 Å². The third-order valence-electron chi connectivity index (χ3n) is 4.29. The molecule has 6 heteroatoms. The van der Waals surface area contributed by atoms with Crippen LogP contribution in [0.4, 0.5) is 0 Å². The minimum absolute atomic E-state index is 0.275. The van der Waals surface area contributed by atoms with Gasteiger partial charge in [-0.3, -0.25) is 0 Å². The zero-order valence-electron chi connectivity index (χ0n) is 12.1. The van der Waals surface area contributed by atoms with Gasteiger partial charge in [0.1, 0.15) is 0 Å². The van der Waals surface area contributed by atoms with E-state index in [1.807, 2.05) is 13.8 Å². The molecule has 1 aliphatic carbocycles. The van der Waals surface area contributed by atoms with Gasteiger partial charge >= 0.3 is 0 Å². The molecule has 1 aromatic heterocycles. The van der Waals surface area contributed by atoms with Crippen LogP contribution in [0.1, 0.15) is 45.2 Å². The molecule has 0 amide bonds. The molecular formula is C14H23N3O2S. The van der Waals surface area contributed by atoms with Crippen LogP contribution in [0.3, 0.4) is 0 Å². The van der Waals surface area contributed by atoms with E-state index in [0.717, 1.165) is 18.5 Å². The Balaban J connectivity index is 1.76. The molecule has 0 bridgehead atoms. The minimum Gasteiger partial charge on any atom is -0.363 e. The van der Waals surface area contributed by atoms with Crippen LogP contribution in [0.25, 0.3) is 0 Å². The van der Waals surface area contributed by atoms with E-state index in [2.05, 4.69) is 10.3 Å². The van der Waals surface area contributed by atoms with Crippen molar-refractivity contribution in [3.05, 3.63) is 18.0 Å². The van der Waals surface area contributed by atoms with Gasteiger partial charge in [0.2, 0.25) is 10.0 Å². The maximum Gasteiger partial charge on any atom is 0.245 e. The highest BCUT2D eigenvalue weighted by Crippen LogP contribution is 2.34. The summed E-state index contributed by atoms with van der Waals surface area (Å²) in [5, 5.41) is 3.38. The highest BCUT2D eigenvalue weighted by molar-refractivity contribution is 7.89. The standard InChI is InChI=1S/C14H23N3O2S/c1-14(2)6-3-7-17(14)20(18,19)13-8-12(16-10-13)9-15-11-4-5-11/h8,10-11,15-16H,3-7,9H2,1-2H3. The Labute approximate surface area is 120 Å². The first-order valence-corrected chi connectivity index (χ1v) is 8.77. The fourth-order valence-electron chi connectivity index (χ4n) is 2.87. The topological polar surface area (TPSA) is 65.2 Å². The van der Waals surface area contributed by atoms with Crippen molar-refractivity contribution in [2.45, 2.75) is 62.6 Å². The van der Waals surface area contributed by atoms with Crippen LogP contribution in [0.2, 0.25) is 0 Å². The average molecular weight is 297 g/mol. The van der Waals surface area contributed by atoms with Gasteiger partial charge in [-0.25, -0.2) is 8.42 Å². The van der Waals surface area contributed by atoms with E-state index < -0.39 is 10.0 Å². The fraction of sp³-hybridized carbons (Fsp3) is 0.714. The molecule has 0 aromatic carbocycles. The predicted molar refractivity (Wildman–Crippen MR) is 77.9 cm³/mol. The van der Waals surface area contributed by atoms with Gasteiger partial charge in [0.05, 0.1) is 4.90 Å². The highest BCUT2D eigenvalue weighted by Gasteiger charge is 2.41. The Bertz CT molecular complexity index is 587. The largest absolute Gasteiger partial charge is 0.363 e. The third kappa shape index (κ3) is 2.64. The lowest BCUT2D eigenvalue weighted by molar-refractivity contribution is 0.292. The quantitative estimate of drug-likeness (QED) is 0.871. The highest BCUT2D eigenvalue weighted by atomic mass is 32.2. The first kappa shape index (κ1) is 14.1. The molecule has 1 aromatic rings. The fourth-order valence-corrected chi connectivity index (χ4v) is 4.73. The van der Waals surface area contributed by atoms with Gasteiger partial charge in [0, 0.05) is 36.6 Å². The maximum absolute atomic E-state index is 12.7. The molecule has 2 aliphatic rings. The number of hydrogen-bond donors (Lipinski definition) is 2. The van der Waals surface area contributed by atoms with Gasteiger partial charge < -0.3 is 10.3 Å². The molecule has 0 atom stereocenters. The zero-order valence-corrected chi connectivity index (χ0v) is 13.0. The Morgan fingerprint density at radius 3 is 2.80 bits per heavy atom. The third-order valence-corrected chi connectivity index (χ3v) is 6.38. The second-order valence-electron chi connectivity index (χ2n) is 6.51. The number of sulfonamides is 1. The molecule has 5 nitrogen and oxygen atoms in total. The molecule has 0 unspecified atom stereocenters. The molecular weight excluding hydrogens is 274 g/mol. The summed E-state index contributed by atoms with van der Waals surface area (Å²) in [6.07, 6.45) is 5.94. The van der Waals surface area contributed by atoms with Crippen molar-refractivity contribution in [2.75, 3.05) is 6.54 Å². The summed E-state index contributed by atoms with van der Waals surface area (Å²) in [7, 11) is -3.37. The normalized spacial score (nSPS) is 23.3. The van der Waals surface area contributed by atoms with E-state index in [1.165, 1.54) is 12.8 Å². The van der Waals surface area contributed by atoms with Crippen LogP contribution < -0.4 is 5.32 Å². The van der Waals surface area contributed by atoms with E-state index in [1.54, 1.807) is 16.6 Å².